The third kappa shape index (κ3) is 1.35. The van der Waals surface area contributed by atoms with Crippen molar-refractivity contribution in [3.8, 4) is 0 Å². The lowest BCUT2D eigenvalue weighted by Gasteiger charge is -1.86. The van der Waals surface area contributed by atoms with E-state index in [4.69, 9.17) is 5.11 Å². The highest BCUT2D eigenvalue weighted by atomic mass is 32.1. The minimum Gasteiger partial charge on any atom is -0.477 e. The monoisotopic (exact) mass is 173 g/mol. The van der Waals surface area contributed by atoms with Gasteiger partial charge in [0.05, 0.1) is 4.92 Å². The Morgan fingerprint density at radius 3 is 2.73 bits per heavy atom. The molecule has 1 rings (SSSR count). The second kappa shape index (κ2) is 2.67. The van der Waals surface area contributed by atoms with Gasteiger partial charge in [-0.1, -0.05) is 11.3 Å². The number of carboxylic acids is 1. The largest absolute Gasteiger partial charge is 0.477 e. The first-order valence-corrected chi connectivity index (χ1v) is 3.46. The van der Waals surface area contributed by atoms with Crippen molar-refractivity contribution < 1.29 is 14.8 Å². The zero-order chi connectivity index (χ0) is 8.43. The second-order valence-corrected chi connectivity index (χ2v) is 2.60. The summed E-state index contributed by atoms with van der Waals surface area (Å²) in [5, 5.41) is 19.6. The van der Waals surface area contributed by atoms with Crippen molar-refractivity contribution in [3.63, 3.8) is 0 Å². The first-order valence-electron chi connectivity index (χ1n) is 2.58. The van der Waals surface area contributed by atoms with Gasteiger partial charge in [-0.05, 0) is 11.4 Å². The van der Waals surface area contributed by atoms with E-state index in [2.05, 4.69) is 0 Å². The maximum absolute atomic E-state index is 10.3. The fourth-order valence-electron chi connectivity index (χ4n) is 0.605. The Morgan fingerprint density at radius 1 is 1.73 bits per heavy atom. The van der Waals surface area contributed by atoms with Crippen LogP contribution in [0.2, 0.25) is 0 Å². The Hall–Kier alpha value is -1.43. The van der Waals surface area contributed by atoms with Crippen molar-refractivity contribution in [2.24, 2.45) is 0 Å². The molecule has 0 unspecified atom stereocenters. The van der Waals surface area contributed by atoms with E-state index in [1.165, 1.54) is 11.4 Å². The molecule has 0 aliphatic rings. The number of carboxylic acid groups (broad SMARTS) is 1. The molecule has 0 radical (unpaired) electrons. The Kier molecular flexibility index (Phi) is 1.86. The zero-order valence-corrected chi connectivity index (χ0v) is 6.00. The number of nitro groups is 1. The zero-order valence-electron chi connectivity index (χ0n) is 5.18. The molecular weight excluding hydrogens is 170 g/mol. The van der Waals surface area contributed by atoms with E-state index < -0.39 is 10.9 Å². The molecule has 0 amide bonds. The van der Waals surface area contributed by atoms with E-state index in [-0.39, 0.29) is 10.6 Å². The molecule has 58 valence electrons. The lowest BCUT2D eigenvalue weighted by molar-refractivity contribution is -0.380. The van der Waals surface area contributed by atoms with E-state index in [0.717, 1.165) is 11.3 Å². The van der Waals surface area contributed by atoms with Crippen LogP contribution in [0.25, 0.3) is 0 Å². The normalized spacial score (nSPS) is 9.45. The molecule has 1 N–H and O–H groups in total. The molecule has 0 saturated heterocycles. The van der Waals surface area contributed by atoms with Crippen LogP contribution in [0, 0.1) is 10.1 Å². The van der Waals surface area contributed by atoms with Crippen LogP contribution in [0.5, 0.6) is 0 Å². The van der Waals surface area contributed by atoms with Gasteiger partial charge in [0.1, 0.15) is 5.56 Å². The van der Waals surface area contributed by atoms with Crippen molar-refractivity contribution in [2.75, 3.05) is 0 Å². The fourth-order valence-corrected chi connectivity index (χ4v) is 1.31. The number of hydrogen-bond donors (Lipinski definition) is 1. The molecule has 0 fully saturated rings. The molecule has 0 aromatic carbocycles. The summed E-state index contributed by atoms with van der Waals surface area (Å²) >= 11 is 0.806. The van der Waals surface area contributed by atoms with E-state index >= 15 is 0 Å². The number of nitrogens with zero attached hydrogens (tertiary/aromatic N) is 1. The SMILES string of the molecule is O=C(O)c1ccsc1[N+](=O)[O-]. The van der Waals surface area contributed by atoms with E-state index in [1.54, 1.807) is 0 Å². The molecule has 1 heterocycles. The number of aromatic carboxylic acids is 1. The van der Waals surface area contributed by atoms with Crippen LogP contribution >= 0.6 is 11.3 Å². The van der Waals surface area contributed by atoms with Crippen LogP contribution in [0.1, 0.15) is 10.4 Å². The van der Waals surface area contributed by atoms with Crippen molar-refractivity contribution in [1.82, 2.24) is 0 Å². The lowest BCUT2D eigenvalue weighted by atomic mass is 10.3. The van der Waals surface area contributed by atoms with Gasteiger partial charge in [0.15, 0.2) is 0 Å². The van der Waals surface area contributed by atoms with Crippen LogP contribution in [0.4, 0.5) is 5.00 Å². The molecule has 0 bridgehead atoms. The van der Waals surface area contributed by atoms with Crippen LogP contribution in [0.15, 0.2) is 11.4 Å². The molecular formula is C5H3NO4S. The molecule has 0 aliphatic heterocycles. The second-order valence-electron chi connectivity index (χ2n) is 1.70. The van der Waals surface area contributed by atoms with Gasteiger partial charge < -0.3 is 5.11 Å². The van der Waals surface area contributed by atoms with Gasteiger partial charge in [-0.3, -0.25) is 10.1 Å². The molecule has 0 spiro atoms. The first-order chi connectivity index (χ1) is 5.13. The van der Waals surface area contributed by atoms with Crippen LogP contribution in [-0.4, -0.2) is 16.0 Å². The third-order valence-corrected chi connectivity index (χ3v) is 1.91. The summed E-state index contributed by atoms with van der Waals surface area (Å²) in [6.07, 6.45) is 0. The summed E-state index contributed by atoms with van der Waals surface area (Å²) in [6, 6.07) is 1.21. The minimum absolute atomic E-state index is 0.250. The van der Waals surface area contributed by atoms with Crippen LogP contribution < -0.4 is 0 Å². The molecule has 5 nitrogen and oxygen atoms in total. The first kappa shape index (κ1) is 7.67. The van der Waals surface area contributed by atoms with Crippen molar-refractivity contribution >= 4 is 22.3 Å². The molecule has 1 aromatic heterocycles. The van der Waals surface area contributed by atoms with Crippen molar-refractivity contribution in [1.29, 1.82) is 0 Å². The molecule has 0 saturated carbocycles. The number of rotatable bonds is 2. The average Bonchev–Trinajstić information content (AvgIpc) is 2.32. The average molecular weight is 173 g/mol. The van der Waals surface area contributed by atoms with E-state index in [0.29, 0.717) is 0 Å². The topological polar surface area (TPSA) is 80.4 Å². The standard InChI is InChI=1S/C5H3NO4S/c7-5(8)3-1-2-11-4(3)6(9)10/h1-2H,(H,7,8). The summed E-state index contributed by atoms with van der Waals surface area (Å²) in [5.41, 5.74) is -0.250. The van der Waals surface area contributed by atoms with Gasteiger partial charge in [0.2, 0.25) is 0 Å². The highest BCUT2D eigenvalue weighted by molar-refractivity contribution is 7.13. The fraction of sp³-hybridized carbons (Fsp3) is 0. The number of hydrogen-bond acceptors (Lipinski definition) is 4. The number of thiophene rings is 1. The Balaban J connectivity index is 3.16. The summed E-state index contributed by atoms with van der Waals surface area (Å²) in [6.45, 7) is 0. The Bertz CT molecular complexity index is 277. The van der Waals surface area contributed by atoms with Gasteiger partial charge in [-0.2, -0.15) is 0 Å². The number of carbonyl (C=O) groups is 1. The van der Waals surface area contributed by atoms with Crippen molar-refractivity contribution in [2.45, 2.75) is 0 Å². The summed E-state index contributed by atoms with van der Waals surface area (Å²) < 4.78 is 0. The lowest BCUT2D eigenvalue weighted by Crippen LogP contribution is -1.97. The molecule has 11 heavy (non-hydrogen) atoms. The van der Waals surface area contributed by atoms with E-state index in [1.807, 2.05) is 0 Å². The summed E-state index contributed by atoms with van der Waals surface area (Å²) in [5.74, 6) is -1.27. The molecule has 1 aromatic rings. The van der Waals surface area contributed by atoms with Gasteiger partial charge in [-0.15, -0.1) is 0 Å². The molecule has 6 heteroatoms. The Labute approximate surface area is 65.0 Å². The Morgan fingerprint density at radius 2 is 2.36 bits per heavy atom. The van der Waals surface area contributed by atoms with Gasteiger partial charge in [-0.25, -0.2) is 4.79 Å². The minimum atomic E-state index is -1.27. The highest BCUT2D eigenvalue weighted by Crippen LogP contribution is 2.24. The van der Waals surface area contributed by atoms with Gasteiger partial charge in [0.25, 0.3) is 0 Å². The van der Waals surface area contributed by atoms with Crippen LogP contribution in [0.3, 0.4) is 0 Å². The van der Waals surface area contributed by atoms with Crippen LogP contribution in [-0.2, 0) is 0 Å². The van der Waals surface area contributed by atoms with Crippen molar-refractivity contribution in [3.05, 3.63) is 27.1 Å². The predicted octanol–water partition coefficient (Wildman–Crippen LogP) is 1.35. The van der Waals surface area contributed by atoms with Gasteiger partial charge >= 0.3 is 11.0 Å². The molecule has 0 aliphatic carbocycles. The maximum atomic E-state index is 10.3. The van der Waals surface area contributed by atoms with E-state index in [9.17, 15) is 14.9 Å². The molecule has 0 atom stereocenters. The summed E-state index contributed by atoms with van der Waals surface area (Å²) in [7, 11) is 0. The van der Waals surface area contributed by atoms with Gasteiger partial charge in [0, 0.05) is 0 Å². The maximum Gasteiger partial charge on any atom is 0.343 e. The third-order valence-electron chi connectivity index (χ3n) is 1.04. The predicted molar refractivity (Wildman–Crippen MR) is 37.9 cm³/mol. The quantitative estimate of drug-likeness (QED) is 0.540. The smallest absolute Gasteiger partial charge is 0.343 e. The highest BCUT2D eigenvalue weighted by Gasteiger charge is 2.20. The summed E-state index contributed by atoms with van der Waals surface area (Å²) in [4.78, 5) is 19.7.